The Bertz CT molecular complexity index is 24.2. The standard InChI is InChI=1S/C7H16.2C2H6.H2/c1-3-5-7-6-4-2;2*1-2;/h3-7H2,1-2H3;2*1-2H3;1H. The Hall–Kier alpha value is 0. The van der Waals surface area contributed by atoms with Gasteiger partial charge in [-0.1, -0.05) is 73.6 Å². The highest BCUT2D eigenvalue weighted by Gasteiger charge is 1.80. The molecule has 0 aromatic heterocycles. The molecule has 0 atom stereocenters. The van der Waals surface area contributed by atoms with Gasteiger partial charge in [-0.3, -0.25) is 0 Å². The molecular weight excluding hydrogens is 132 g/mol. The van der Waals surface area contributed by atoms with Crippen molar-refractivity contribution in [2.45, 2.75) is 73.6 Å². The van der Waals surface area contributed by atoms with Crippen LogP contribution < -0.4 is 0 Å². The third kappa shape index (κ3) is 40.0. The Morgan fingerprint density at radius 1 is 0.636 bits per heavy atom. The van der Waals surface area contributed by atoms with E-state index in [2.05, 4.69) is 13.8 Å². The molecule has 0 saturated heterocycles. The van der Waals surface area contributed by atoms with Gasteiger partial charge in [0.1, 0.15) is 0 Å². The summed E-state index contributed by atoms with van der Waals surface area (Å²) in [5.74, 6) is 0. The number of unbranched alkanes of at least 4 members (excludes halogenated alkanes) is 4. The van der Waals surface area contributed by atoms with E-state index < -0.39 is 0 Å². The van der Waals surface area contributed by atoms with Gasteiger partial charge in [0.25, 0.3) is 0 Å². The molecule has 0 nitrogen and oxygen atoms in total. The van der Waals surface area contributed by atoms with E-state index in [4.69, 9.17) is 0 Å². The fourth-order valence-electron chi connectivity index (χ4n) is 0.677. The SMILES string of the molecule is CC.CC.CCCCCCC.[HH]. The number of hydrogen-bond acceptors (Lipinski definition) is 0. The normalized spacial score (nSPS) is 7.09. The molecule has 0 bridgehead atoms. The van der Waals surface area contributed by atoms with Gasteiger partial charge in [0, 0.05) is 1.43 Å². The van der Waals surface area contributed by atoms with Crippen LogP contribution in [0.2, 0.25) is 0 Å². The van der Waals surface area contributed by atoms with Crippen LogP contribution in [0.1, 0.15) is 75.1 Å². The summed E-state index contributed by atoms with van der Waals surface area (Å²) in [5.41, 5.74) is 0. The van der Waals surface area contributed by atoms with Crippen LogP contribution in [-0.2, 0) is 0 Å². The molecule has 0 radical (unpaired) electrons. The van der Waals surface area contributed by atoms with E-state index in [1.807, 2.05) is 27.7 Å². The molecule has 0 aliphatic heterocycles. The molecule has 0 heterocycles. The first-order valence-corrected chi connectivity index (χ1v) is 5.41. The smallest absolute Gasteiger partial charge is 0 e. The molecule has 0 aromatic rings. The largest absolute Gasteiger partial charge is 0.0683 e. The predicted molar refractivity (Wildman–Crippen MR) is 59.2 cm³/mol. The zero-order valence-corrected chi connectivity index (χ0v) is 9.54. The third-order valence-corrected chi connectivity index (χ3v) is 1.21. The van der Waals surface area contributed by atoms with Crippen molar-refractivity contribution in [2.24, 2.45) is 0 Å². The van der Waals surface area contributed by atoms with E-state index in [1.165, 1.54) is 32.1 Å². The van der Waals surface area contributed by atoms with Gasteiger partial charge >= 0.3 is 0 Å². The highest BCUT2D eigenvalue weighted by Crippen LogP contribution is 2.00. The molecular formula is C11H30. The van der Waals surface area contributed by atoms with Crippen LogP contribution >= 0.6 is 0 Å². The van der Waals surface area contributed by atoms with Crippen molar-refractivity contribution in [1.82, 2.24) is 0 Å². The molecule has 0 heteroatoms. The molecule has 74 valence electrons. The van der Waals surface area contributed by atoms with E-state index in [9.17, 15) is 0 Å². The summed E-state index contributed by atoms with van der Waals surface area (Å²) in [6, 6.07) is 0. The predicted octanol–water partition coefficient (Wildman–Crippen LogP) is 5.28. The average Bonchev–Trinajstić information content (AvgIpc) is 2.13. The Labute approximate surface area is 75.9 Å². The van der Waals surface area contributed by atoms with Gasteiger partial charge in [0.2, 0.25) is 0 Å². The second-order valence-electron chi connectivity index (χ2n) is 2.06. The maximum absolute atomic E-state index is 2.25. The van der Waals surface area contributed by atoms with Crippen molar-refractivity contribution >= 4 is 0 Å². The molecule has 0 saturated carbocycles. The van der Waals surface area contributed by atoms with Crippen LogP contribution in [0.5, 0.6) is 0 Å². The van der Waals surface area contributed by atoms with Crippen LogP contribution in [-0.4, -0.2) is 0 Å². The zero-order chi connectivity index (χ0) is 9.54. The first-order chi connectivity index (χ1) is 5.41. The van der Waals surface area contributed by atoms with Gasteiger partial charge < -0.3 is 0 Å². The van der Waals surface area contributed by atoms with Gasteiger partial charge in [-0.25, -0.2) is 0 Å². The molecule has 0 aliphatic rings. The lowest BCUT2D eigenvalue weighted by Crippen LogP contribution is -1.70. The van der Waals surface area contributed by atoms with Gasteiger partial charge in [0.05, 0.1) is 0 Å². The van der Waals surface area contributed by atoms with Crippen molar-refractivity contribution in [1.29, 1.82) is 0 Å². The highest BCUT2D eigenvalue weighted by atomic mass is 13.9. The summed E-state index contributed by atoms with van der Waals surface area (Å²) < 4.78 is 0. The quantitative estimate of drug-likeness (QED) is 0.494. The van der Waals surface area contributed by atoms with E-state index in [0.29, 0.717) is 0 Å². The van der Waals surface area contributed by atoms with Crippen molar-refractivity contribution in [3.63, 3.8) is 0 Å². The molecule has 0 aromatic carbocycles. The second-order valence-corrected chi connectivity index (χ2v) is 2.06. The second kappa shape index (κ2) is 32.4. The van der Waals surface area contributed by atoms with E-state index in [1.54, 1.807) is 0 Å². The van der Waals surface area contributed by atoms with Crippen LogP contribution in [0.4, 0.5) is 0 Å². The molecule has 0 fully saturated rings. The van der Waals surface area contributed by atoms with Gasteiger partial charge in [-0.15, -0.1) is 0 Å². The summed E-state index contributed by atoms with van der Waals surface area (Å²) in [6.45, 7) is 12.5. The average molecular weight is 162 g/mol. The van der Waals surface area contributed by atoms with Crippen molar-refractivity contribution in [2.75, 3.05) is 0 Å². The van der Waals surface area contributed by atoms with Crippen molar-refractivity contribution < 1.29 is 1.43 Å². The van der Waals surface area contributed by atoms with E-state index in [-0.39, 0.29) is 1.43 Å². The van der Waals surface area contributed by atoms with Crippen molar-refractivity contribution in [3.05, 3.63) is 0 Å². The molecule has 0 spiro atoms. The lowest BCUT2D eigenvalue weighted by atomic mass is 10.2. The van der Waals surface area contributed by atoms with E-state index >= 15 is 0 Å². The summed E-state index contributed by atoms with van der Waals surface area (Å²) in [7, 11) is 0. The molecule has 0 rings (SSSR count). The lowest BCUT2D eigenvalue weighted by Gasteiger charge is -1.90. The van der Waals surface area contributed by atoms with Crippen LogP contribution in [0, 0.1) is 0 Å². The van der Waals surface area contributed by atoms with E-state index in [0.717, 1.165) is 0 Å². The van der Waals surface area contributed by atoms with Gasteiger partial charge in [-0.2, -0.15) is 0 Å². The summed E-state index contributed by atoms with van der Waals surface area (Å²) in [4.78, 5) is 0. The van der Waals surface area contributed by atoms with Crippen LogP contribution in [0.15, 0.2) is 0 Å². The third-order valence-electron chi connectivity index (χ3n) is 1.21. The minimum atomic E-state index is 0. The van der Waals surface area contributed by atoms with Crippen molar-refractivity contribution in [3.8, 4) is 0 Å². The minimum absolute atomic E-state index is 0. The topological polar surface area (TPSA) is 0 Å². The van der Waals surface area contributed by atoms with Gasteiger partial charge in [-0.05, 0) is 0 Å². The molecule has 0 amide bonds. The Balaban J connectivity index is -0.0000000560. The zero-order valence-electron chi connectivity index (χ0n) is 9.54. The fraction of sp³-hybridized carbons (Fsp3) is 1.00. The first kappa shape index (κ1) is 17.2. The first-order valence-electron chi connectivity index (χ1n) is 5.41. The molecule has 11 heavy (non-hydrogen) atoms. The molecule has 0 unspecified atom stereocenters. The Morgan fingerprint density at radius 3 is 1.09 bits per heavy atom. The Kier molecular flexibility index (Phi) is 50.6. The summed E-state index contributed by atoms with van der Waals surface area (Å²) in [5, 5.41) is 0. The van der Waals surface area contributed by atoms with Crippen LogP contribution in [0.25, 0.3) is 0 Å². The molecule has 0 aliphatic carbocycles. The molecule has 0 N–H and O–H groups in total. The van der Waals surface area contributed by atoms with Crippen LogP contribution in [0.3, 0.4) is 0 Å². The Morgan fingerprint density at radius 2 is 0.909 bits per heavy atom. The lowest BCUT2D eigenvalue weighted by molar-refractivity contribution is 0.656. The summed E-state index contributed by atoms with van der Waals surface area (Å²) >= 11 is 0. The minimum Gasteiger partial charge on any atom is -0.0683 e. The number of hydrogen-bond donors (Lipinski definition) is 0. The fourth-order valence-corrected chi connectivity index (χ4v) is 0.677. The maximum Gasteiger partial charge on any atom is 0 e. The monoisotopic (exact) mass is 162 g/mol. The van der Waals surface area contributed by atoms with Gasteiger partial charge in [0.15, 0.2) is 0 Å². The number of rotatable bonds is 4. The highest BCUT2D eigenvalue weighted by molar-refractivity contribution is 4.35. The summed E-state index contributed by atoms with van der Waals surface area (Å²) in [6.07, 6.45) is 7.01. The maximum atomic E-state index is 2.25.